The fourth-order valence-corrected chi connectivity index (χ4v) is 4.04. The summed E-state index contributed by atoms with van der Waals surface area (Å²) in [5.74, 6) is 2.47. The second kappa shape index (κ2) is 4.84. The molecule has 1 N–H and O–H groups in total. The summed E-state index contributed by atoms with van der Waals surface area (Å²) in [4.78, 5) is 14.6. The van der Waals surface area contributed by atoms with E-state index in [1.165, 1.54) is 25.7 Å². The van der Waals surface area contributed by atoms with Crippen molar-refractivity contribution in [2.45, 2.75) is 58.0 Å². The first-order valence-electron chi connectivity index (χ1n) is 7.70. The van der Waals surface area contributed by atoms with Gasteiger partial charge in [0.05, 0.1) is 6.04 Å². The van der Waals surface area contributed by atoms with Crippen LogP contribution < -0.4 is 5.32 Å². The van der Waals surface area contributed by atoms with Gasteiger partial charge < -0.3 is 10.2 Å². The summed E-state index contributed by atoms with van der Waals surface area (Å²) in [6.07, 6.45) is 6.40. The van der Waals surface area contributed by atoms with E-state index in [-0.39, 0.29) is 6.04 Å². The molecule has 1 amide bonds. The topological polar surface area (TPSA) is 32.3 Å². The molecule has 2 saturated heterocycles. The Hall–Kier alpha value is -0.570. The van der Waals surface area contributed by atoms with E-state index in [9.17, 15) is 4.79 Å². The molecule has 2 aliphatic heterocycles. The molecule has 102 valence electrons. The fourth-order valence-electron chi connectivity index (χ4n) is 4.04. The molecule has 1 aliphatic carbocycles. The second-order valence-electron chi connectivity index (χ2n) is 6.80. The van der Waals surface area contributed by atoms with Crippen LogP contribution in [0.25, 0.3) is 0 Å². The molecule has 3 heteroatoms. The number of nitrogens with zero attached hydrogens (tertiary/aromatic N) is 1. The lowest BCUT2D eigenvalue weighted by atomic mass is 9.85. The Morgan fingerprint density at radius 3 is 2.44 bits per heavy atom. The first kappa shape index (κ1) is 12.5. The first-order chi connectivity index (χ1) is 8.65. The zero-order valence-electron chi connectivity index (χ0n) is 11.7. The van der Waals surface area contributed by atoms with Crippen molar-refractivity contribution >= 4 is 5.91 Å². The predicted octanol–water partition coefficient (Wildman–Crippen LogP) is 2.02. The lowest BCUT2D eigenvalue weighted by Crippen LogP contribution is -2.44. The molecule has 3 rings (SSSR count). The lowest BCUT2D eigenvalue weighted by Gasteiger charge is -2.24. The molecule has 3 fully saturated rings. The SMILES string of the molecule is CC1CN(C(=O)C2CC3CCCCC3N2)CC1C. The van der Waals surface area contributed by atoms with Crippen molar-refractivity contribution in [3.8, 4) is 0 Å². The highest BCUT2D eigenvalue weighted by atomic mass is 16.2. The third-order valence-corrected chi connectivity index (χ3v) is 5.46. The summed E-state index contributed by atoms with van der Waals surface area (Å²) >= 11 is 0. The molecule has 18 heavy (non-hydrogen) atoms. The van der Waals surface area contributed by atoms with Gasteiger partial charge in [-0.25, -0.2) is 0 Å². The van der Waals surface area contributed by atoms with Crippen LogP contribution in [0, 0.1) is 17.8 Å². The molecule has 0 aromatic carbocycles. The minimum Gasteiger partial charge on any atom is -0.341 e. The van der Waals surface area contributed by atoms with Crippen molar-refractivity contribution in [3.05, 3.63) is 0 Å². The number of hydrogen-bond donors (Lipinski definition) is 1. The molecule has 0 aromatic heterocycles. The molecule has 2 heterocycles. The summed E-state index contributed by atoms with van der Waals surface area (Å²) in [6, 6.07) is 0.751. The van der Waals surface area contributed by atoms with Gasteiger partial charge in [-0.15, -0.1) is 0 Å². The Labute approximate surface area is 110 Å². The zero-order valence-corrected chi connectivity index (χ0v) is 11.7. The molecular formula is C15H26N2O. The smallest absolute Gasteiger partial charge is 0.239 e. The second-order valence-corrected chi connectivity index (χ2v) is 6.80. The van der Waals surface area contributed by atoms with Gasteiger partial charge in [-0.05, 0) is 37.0 Å². The number of nitrogens with one attached hydrogen (secondary N) is 1. The quantitative estimate of drug-likeness (QED) is 0.772. The standard InChI is InChI=1S/C15H26N2O/c1-10-8-17(9-11(10)2)15(18)14-7-12-5-3-4-6-13(12)16-14/h10-14,16H,3-9H2,1-2H3. The number of rotatable bonds is 1. The Kier molecular flexibility index (Phi) is 3.35. The van der Waals surface area contributed by atoms with Gasteiger partial charge in [0.25, 0.3) is 0 Å². The van der Waals surface area contributed by atoms with E-state index in [1.54, 1.807) is 0 Å². The summed E-state index contributed by atoms with van der Waals surface area (Å²) in [7, 11) is 0. The van der Waals surface area contributed by atoms with Gasteiger partial charge in [0.2, 0.25) is 5.91 Å². The molecular weight excluding hydrogens is 224 g/mol. The molecule has 3 nitrogen and oxygen atoms in total. The predicted molar refractivity (Wildman–Crippen MR) is 72.2 cm³/mol. The molecule has 1 saturated carbocycles. The third kappa shape index (κ3) is 2.18. The lowest BCUT2D eigenvalue weighted by molar-refractivity contribution is -0.132. The van der Waals surface area contributed by atoms with Crippen LogP contribution in [0.4, 0.5) is 0 Å². The average molecular weight is 250 g/mol. The van der Waals surface area contributed by atoms with E-state index in [2.05, 4.69) is 24.1 Å². The minimum atomic E-state index is 0.121. The van der Waals surface area contributed by atoms with Crippen LogP contribution in [-0.2, 0) is 4.79 Å². The molecule has 5 unspecified atom stereocenters. The molecule has 3 aliphatic rings. The van der Waals surface area contributed by atoms with E-state index in [0.29, 0.717) is 23.8 Å². The molecule has 5 atom stereocenters. The van der Waals surface area contributed by atoms with Gasteiger partial charge >= 0.3 is 0 Å². The maximum atomic E-state index is 12.5. The maximum absolute atomic E-state index is 12.5. The van der Waals surface area contributed by atoms with Crippen LogP contribution in [-0.4, -0.2) is 36.0 Å². The van der Waals surface area contributed by atoms with Crippen molar-refractivity contribution in [1.29, 1.82) is 0 Å². The van der Waals surface area contributed by atoms with Crippen LogP contribution in [0.3, 0.4) is 0 Å². The van der Waals surface area contributed by atoms with Crippen LogP contribution in [0.15, 0.2) is 0 Å². The van der Waals surface area contributed by atoms with Crippen molar-refractivity contribution in [2.24, 2.45) is 17.8 Å². The Balaban J connectivity index is 1.60. The zero-order chi connectivity index (χ0) is 12.7. The molecule has 0 spiro atoms. The Morgan fingerprint density at radius 1 is 1.11 bits per heavy atom. The minimum absolute atomic E-state index is 0.121. The van der Waals surface area contributed by atoms with Gasteiger partial charge in [-0.3, -0.25) is 4.79 Å². The van der Waals surface area contributed by atoms with Crippen molar-refractivity contribution < 1.29 is 4.79 Å². The highest BCUT2D eigenvalue weighted by Crippen LogP contribution is 2.34. The maximum Gasteiger partial charge on any atom is 0.239 e. The van der Waals surface area contributed by atoms with E-state index in [1.807, 2.05) is 0 Å². The summed E-state index contributed by atoms with van der Waals surface area (Å²) in [5, 5.41) is 3.61. The highest BCUT2D eigenvalue weighted by Gasteiger charge is 2.41. The fraction of sp³-hybridized carbons (Fsp3) is 0.933. The number of carbonyl (C=O) groups excluding carboxylic acids is 1. The Morgan fingerprint density at radius 2 is 1.78 bits per heavy atom. The van der Waals surface area contributed by atoms with Gasteiger partial charge in [-0.1, -0.05) is 26.7 Å². The summed E-state index contributed by atoms with van der Waals surface area (Å²) < 4.78 is 0. The van der Waals surface area contributed by atoms with E-state index >= 15 is 0 Å². The van der Waals surface area contributed by atoms with Gasteiger partial charge in [0.15, 0.2) is 0 Å². The van der Waals surface area contributed by atoms with E-state index in [0.717, 1.165) is 25.4 Å². The molecule has 0 aromatic rings. The molecule has 0 radical (unpaired) electrons. The first-order valence-corrected chi connectivity index (χ1v) is 7.70. The van der Waals surface area contributed by atoms with E-state index in [4.69, 9.17) is 0 Å². The Bertz CT molecular complexity index is 306. The van der Waals surface area contributed by atoms with E-state index < -0.39 is 0 Å². The molecule has 0 bridgehead atoms. The number of likely N-dealkylation sites (tertiary alicyclic amines) is 1. The largest absolute Gasteiger partial charge is 0.341 e. The normalized spacial score (nSPS) is 44.1. The van der Waals surface area contributed by atoms with Gasteiger partial charge in [0, 0.05) is 19.1 Å². The van der Waals surface area contributed by atoms with Crippen LogP contribution >= 0.6 is 0 Å². The number of hydrogen-bond acceptors (Lipinski definition) is 2. The highest BCUT2D eigenvalue weighted by molar-refractivity contribution is 5.82. The summed E-state index contributed by atoms with van der Waals surface area (Å²) in [5.41, 5.74) is 0. The van der Waals surface area contributed by atoms with Gasteiger partial charge in [0.1, 0.15) is 0 Å². The third-order valence-electron chi connectivity index (χ3n) is 5.46. The van der Waals surface area contributed by atoms with Crippen molar-refractivity contribution in [1.82, 2.24) is 10.2 Å². The number of fused-ring (bicyclic) bond motifs is 1. The number of amides is 1. The monoisotopic (exact) mass is 250 g/mol. The van der Waals surface area contributed by atoms with Crippen LogP contribution in [0.1, 0.15) is 46.0 Å². The van der Waals surface area contributed by atoms with Crippen LogP contribution in [0.5, 0.6) is 0 Å². The van der Waals surface area contributed by atoms with Crippen molar-refractivity contribution in [2.75, 3.05) is 13.1 Å². The van der Waals surface area contributed by atoms with Crippen molar-refractivity contribution in [3.63, 3.8) is 0 Å². The summed E-state index contributed by atoms with van der Waals surface area (Å²) in [6.45, 7) is 6.46. The van der Waals surface area contributed by atoms with Crippen LogP contribution in [0.2, 0.25) is 0 Å². The average Bonchev–Trinajstić information content (AvgIpc) is 2.93. The number of carbonyl (C=O) groups is 1. The van der Waals surface area contributed by atoms with Gasteiger partial charge in [-0.2, -0.15) is 0 Å².